The van der Waals surface area contributed by atoms with Crippen molar-refractivity contribution >= 4 is 12.6 Å². The zero-order chi connectivity index (χ0) is 17.4. The van der Waals surface area contributed by atoms with E-state index in [0.29, 0.717) is 5.92 Å². The van der Waals surface area contributed by atoms with E-state index in [9.17, 15) is 0 Å². The van der Waals surface area contributed by atoms with Crippen LogP contribution in [0.4, 0.5) is 0 Å². The third-order valence-electron chi connectivity index (χ3n) is 6.02. The predicted molar refractivity (Wildman–Crippen MR) is 98.8 cm³/mol. The van der Waals surface area contributed by atoms with Crippen LogP contribution in [0.15, 0.2) is 24.3 Å². The maximum Gasteiger partial charge on any atom is 0.494 e. The molecule has 0 amide bonds. The minimum Gasteiger partial charge on any atom is -0.490 e. The Labute approximate surface area is 147 Å². The summed E-state index contributed by atoms with van der Waals surface area (Å²) in [6, 6.07) is 8.19. The van der Waals surface area contributed by atoms with Crippen molar-refractivity contribution in [1.82, 2.24) is 0 Å². The van der Waals surface area contributed by atoms with E-state index in [1.54, 1.807) is 0 Å². The summed E-state index contributed by atoms with van der Waals surface area (Å²) in [7, 11) is -0.330. The lowest BCUT2D eigenvalue weighted by molar-refractivity contribution is 0.00578. The largest absolute Gasteiger partial charge is 0.494 e. The molecule has 0 bridgehead atoms. The third kappa shape index (κ3) is 3.65. The maximum absolute atomic E-state index is 6.25. The molecule has 3 nitrogen and oxygen atoms in total. The Kier molecular flexibility index (Phi) is 4.99. The molecule has 0 aromatic heterocycles. The van der Waals surface area contributed by atoms with E-state index in [4.69, 9.17) is 14.0 Å². The van der Waals surface area contributed by atoms with E-state index < -0.39 is 0 Å². The SMILES string of the molecule is C[C@H](Oc1cccc(B2OC(C)(C)C(C)(C)O2)c1)C1CCCCC1. The van der Waals surface area contributed by atoms with Gasteiger partial charge >= 0.3 is 7.12 Å². The molecule has 1 heterocycles. The molecule has 1 saturated carbocycles. The summed E-state index contributed by atoms with van der Waals surface area (Å²) in [5.74, 6) is 1.60. The zero-order valence-electron chi connectivity index (χ0n) is 15.8. The van der Waals surface area contributed by atoms with Gasteiger partial charge in [0.05, 0.1) is 17.3 Å². The normalized spacial score (nSPS) is 24.8. The van der Waals surface area contributed by atoms with Crippen LogP contribution in [0.2, 0.25) is 0 Å². The molecule has 132 valence electrons. The van der Waals surface area contributed by atoms with Crippen LogP contribution in [-0.4, -0.2) is 24.4 Å². The van der Waals surface area contributed by atoms with Crippen molar-refractivity contribution in [2.75, 3.05) is 0 Å². The second-order valence-electron chi connectivity index (χ2n) is 8.38. The number of ether oxygens (including phenoxy) is 1. The lowest BCUT2D eigenvalue weighted by Crippen LogP contribution is -2.41. The van der Waals surface area contributed by atoms with Crippen LogP contribution >= 0.6 is 0 Å². The molecule has 1 aliphatic carbocycles. The quantitative estimate of drug-likeness (QED) is 0.769. The van der Waals surface area contributed by atoms with Gasteiger partial charge in [0.2, 0.25) is 0 Å². The fourth-order valence-electron chi connectivity index (χ4n) is 3.63. The summed E-state index contributed by atoms with van der Waals surface area (Å²) in [6.07, 6.45) is 6.90. The molecule has 1 aliphatic heterocycles. The first-order valence-electron chi connectivity index (χ1n) is 9.41. The van der Waals surface area contributed by atoms with Gasteiger partial charge in [0, 0.05) is 0 Å². The van der Waals surface area contributed by atoms with Gasteiger partial charge in [-0.1, -0.05) is 31.4 Å². The Bertz CT molecular complexity index is 548. The molecular formula is C20H31BO3. The summed E-state index contributed by atoms with van der Waals surface area (Å²) in [5.41, 5.74) is 0.399. The van der Waals surface area contributed by atoms with Gasteiger partial charge in [-0.2, -0.15) is 0 Å². The van der Waals surface area contributed by atoms with E-state index >= 15 is 0 Å². The maximum atomic E-state index is 6.25. The molecule has 0 spiro atoms. The standard InChI is InChI=1S/C20H31BO3/c1-15(16-10-7-6-8-11-16)22-18-13-9-12-17(14-18)21-23-19(2,3)20(4,5)24-21/h9,12-16H,6-8,10-11H2,1-5H3/t15-/m0/s1. The smallest absolute Gasteiger partial charge is 0.490 e. The van der Waals surface area contributed by atoms with Crippen LogP contribution in [0.5, 0.6) is 5.75 Å². The fourth-order valence-corrected chi connectivity index (χ4v) is 3.63. The minimum absolute atomic E-state index is 0.263. The van der Waals surface area contributed by atoms with Gasteiger partial charge in [-0.25, -0.2) is 0 Å². The Balaban J connectivity index is 1.68. The van der Waals surface area contributed by atoms with Crippen LogP contribution < -0.4 is 10.2 Å². The molecule has 0 unspecified atom stereocenters. The van der Waals surface area contributed by atoms with E-state index in [0.717, 1.165) is 11.2 Å². The van der Waals surface area contributed by atoms with E-state index in [1.165, 1.54) is 32.1 Å². The van der Waals surface area contributed by atoms with Gasteiger partial charge in [-0.3, -0.25) is 0 Å². The molecular weight excluding hydrogens is 299 g/mol. The first kappa shape index (κ1) is 17.8. The Morgan fingerprint density at radius 2 is 1.67 bits per heavy atom. The van der Waals surface area contributed by atoms with Gasteiger partial charge in [-0.15, -0.1) is 0 Å². The highest BCUT2D eigenvalue weighted by Gasteiger charge is 2.51. The number of rotatable bonds is 4. The van der Waals surface area contributed by atoms with Crippen LogP contribution in [-0.2, 0) is 9.31 Å². The van der Waals surface area contributed by atoms with E-state index in [-0.39, 0.29) is 24.4 Å². The highest BCUT2D eigenvalue weighted by molar-refractivity contribution is 6.62. The molecule has 0 N–H and O–H groups in total. The van der Waals surface area contributed by atoms with E-state index in [1.807, 2.05) is 12.1 Å². The number of hydrogen-bond acceptors (Lipinski definition) is 3. The van der Waals surface area contributed by atoms with E-state index in [2.05, 4.69) is 46.8 Å². The molecule has 1 atom stereocenters. The van der Waals surface area contributed by atoms with Gasteiger partial charge in [0.25, 0.3) is 0 Å². The van der Waals surface area contributed by atoms with Crippen molar-refractivity contribution in [1.29, 1.82) is 0 Å². The monoisotopic (exact) mass is 330 g/mol. The molecule has 4 heteroatoms. The summed E-state index contributed by atoms with van der Waals surface area (Å²) >= 11 is 0. The van der Waals surface area contributed by atoms with Crippen LogP contribution in [0.3, 0.4) is 0 Å². The highest BCUT2D eigenvalue weighted by atomic mass is 16.7. The molecule has 1 aromatic carbocycles. The Morgan fingerprint density at radius 3 is 2.29 bits per heavy atom. The molecule has 2 aliphatic rings. The number of hydrogen-bond donors (Lipinski definition) is 0. The molecule has 2 fully saturated rings. The molecule has 24 heavy (non-hydrogen) atoms. The average Bonchev–Trinajstić information content (AvgIpc) is 2.76. The summed E-state index contributed by atoms with van der Waals surface area (Å²) < 4.78 is 18.5. The Morgan fingerprint density at radius 1 is 1.04 bits per heavy atom. The van der Waals surface area contributed by atoms with Crippen molar-refractivity contribution in [3.8, 4) is 5.75 Å². The number of benzene rings is 1. The molecule has 1 saturated heterocycles. The molecule has 3 rings (SSSR count). The fraction of sp³-hybridized carbons (Fsp3) is 0.700. The second kappa shape index (κ2) is 6.72. The molecule has 0 radical (unpaired) electrons. The first-order valence-corrected chi connectivity index (χ1v) is 9.41. The molecule has 1 aromatic rings. The minimum atomic E-state index is -0.330. The van der Waals surface area contributed by atoms with Gasteiger partial charge in [0.1, 0.15) is 5.75 Å². The first-order chi connectivity index (χ1) is 11.3. The van der Waals surface area contributed by atoms with Crippen molar-refractivity contribution in [3.05, 3.63) is 24.3 Å². The van der Waals surface area contributed by atoms with Crippen molar-refractivity contribution in [2.45, 2.75) is 84.0 Å². The summed E-state index contributed by atoms with van der Waals surface area (Å²) in [5, 5.41) is 0. The van der Waals surface area contributed by atoms with Crippen LogP contribution in [0.25, 0.3) is 0 Å². The topological polar surface area (TPSA) is 27.7 Å². The average molecular weight is 330 g/mol. The van der Waals surface area contributed by atoms with Crippen molar-refractivity contribution < 1.29 is 14.0 Å². The second-order valence-corrected chi connectivity index (χ2v) is 8.38. The van der Waals surface area contributed by atoms with Crippen molar-refractivity contribution in [2.24, 2.45) is 5.92 Å². The van der Waals surface area contributed by atoms with Gasteiger partial charge in [0.15, 0.2) is 0 Å². The highest BCUT2D eigenvalue weighted by Crippen LogP contribution is 2.36. The van der Waals surface area contributed by atoms with Crippen LogP contribution in [0.1, 0.15) is 66.7 Å². The lowest BCUT2D eigenvalue weighted by Gasteiger charge is -2.32. The van der Waals surface area contributed by atoms with Crippen LogP contribution in [0, 0.1) is 5.92 Å². The summed E-state index contributed by atoms with van der Waals surface area (Å²) in [6.45, 7) is 10.5. The van der Waals surface area contributed by atoms with Gasteiger partial charge < -0.3 is 14.0 Å². The zero-order valence-corrected chi connectivity index (χ0v) is 15.8. The summed E-state index contributed by atoms with van der Waals surface area (Å²) in [4.78, 5) is 0. The third-order valence-corrected chi connectivity index (χ3v) is 6.02. The van der Waals surface area contributed by atoms with Gasteiger partial charge in [-0.05, 0) is 71.0 Å². The predicted octanol–water partition coefficient (Wildman–Crippen LogP) is 4.33. The van der Waals surface area contributed by atoms with Crippen molar-refractivity contribution in [3.63, 3.8) is 0 Å². The lowest BCUT2D eigenvalue weighted by atomic mass is 9.79. The Hall–Kier alpha value is -0.995.